The lowest BCUT2D eigenvalue weighted by molar-refractivity contribution is 0.0365. The molecule has 1 aromatic heterocycles. The number of amides is 1. The summed E-state index contributed by atoms with van der Waals surface area (Å²) in [4.78, 5) is 16.0. The molecule has 1 heterocycles. The highest BCUT2D eigenvalue weighted by atomic mass is 16.6. The Morgan fingerprint density at radius 1 is 1.85 bits per heavy atom. The molecule has 1 aromatic rings. The monoisotopic (exact) mass is 184 g/mol. The van der Waals surface area contributed by atoms with Gasteiger partial charge in [0.05, 0.1) is 12.8 Å². The summed E-state index contributed by atoms with van der Waals surface area (Å²) in [7, 11) is 1.66. The Morgan fingerprint density at radius 3 is 3.00 bits per heavy atom. The second-order valence-corrected chi connectivity index (χ2v) is 2.43. The van der Waals surface area contributed by atoms with Gasteiger partial charge in [-0.2, -0.15) is 5.10 Å². The van der Waals surface area contributed by atoms with Crippen molar-refractivity contribution in [2.24, 2.45) is 7.05 Å². The molecular formula is C7H12N4O2. The van der Waals surface area contributed by atoms with Crippen LogP contribution in [0, 0.1) is 0 Å². The maximum atomic E-state index is 11.3. The molecule has 0 aliphatic rings. The second kappa shape index (κ2) is 3.90. The summed E-state index contributed by atoms with van der Waals surface area (Å²) in [5, 5.41) is 3.82. The first-order valence-electron chi connectivity index (χ1n) is 3.86. The first kappa shape index (κ1) is 9.53. The number of nitrogens with zero attached hydrogens (tertiary/aromatic N) is 2. The van der Waals surface area contributed by atoms with Crippen LogP contribution >= 0.6 is 0 Å². The van der Waals surface area contributed by atoms with Gasteiger partial charge in [-0.1, -0.05) is 0 Å². The zero-order valence-corrected chi connectivity index (χ0v) is 7.57. The van der Waals surface area contributed by atoms with Crippen LogP contribution in [0.5, 0.6) is 0 Å². The number of nitrogens with two attached hydrogens (primary N) is 1. The van der Waals surface area contributed by atoms with Gasteiger partial charge in [0.1, 0.15) is 11.4 Å². The van der Waals surface area contributed by atoms with E-state index >= 15 is 0 Å². The third-order valence-electron chi connectivity index (χ3n) is 1.54. The largest absolute Gasteiger partial charge is 0.383 e. The van der Waals surface area contributed by atoms with Crippen LogP contribution in [-0.4, -0.2) is 22.3 Å². The van der Waals surface area contributed by atoms with E-state index in [0.29, 0.717) is 18.0 Å². The quantitative estimate of drug-likeness (QED) is 0.631. The van der Waals surface area contributed by atoms with Gasteiger partial charge in [-0.15, -0.1) is 0 Å². The second-order valence-electron chi connectivity index (χ2n) is 2.43. The summed E-state index contributed by atoms with van der Waals surface area (Å²) >= 11 is 0. The fourth-order valence-corrected chi connectivity index (χ4v) is 0.815. The highest BCUT2D eigenvalue weighted by Gasteiger charge is 2.12. The van der Waals surface area contributed by atoms with Gasteiger partial charge in [0.2, 0.25) is 0 Å². The van der Waals surface area contributed by atoms with Gasteiger partial charge in [0.15, 0.2) is 0 Å². The van der Waals surface area contributed by atoms with E-state index in [9.17, 15) is 4.79 Å². The average Bonchev–Trinajstić information content (AvgIpc) is 2.44. The van der Waals surface area contributed by atoms with Crippen LogP contribution in [-0.2, 0) is 11.9 Å². The van der Waals surface area contributed by atoms with Gasteiger partial charge >= 0.3 is 0 Å². The highest BCUT2D eigenvalue weighted by molar-refractivity contribution is 5.97. The molecule has 0 saturated carbocycles. The lowest BCUT2D eigenvalue weighted by Gasteiger charge is -2.02. The van der Waals surface area contributed by atoms with Crippen molar-refractivity contribution >= 4 is 11.7 Å². The summed E-state index contributed by atoms with van der Waals surface area (Å²) in [6, 6.07) is 0. The van der Waals surface area contributed by atoms with Crippen molar-refractivity contribution in [3.63, 3.8) is 0 Å². The smallest absolute Gasteiger partial charge is 0.280 e. The first-order valence-corrected chi connectivity index (χ1v) is 3.86. The fourth-order valence-electron chi connectivity index (χ4n) is 0.815. The Kier molecular flexibility index (Phi) is 2.86. The molecule has 6 heteroatoms. The fraction of sp³-hybridized carbons (Fsp3) is 0.429. The number of carbonyl (C=O) groups is 1. The Hall–Kier alpha value is -1.56. The lowest BCUT2D eigenvalue weighted by atomic mass is 10.3. The molecule has 3 N–H and O–H groups in total. The van der Waals surface area contributed by atoms with Crippen molar-refractivity contribution in [2.75, 3.05) is 12.3 Å². The van der Waals surface area contributed by atoms with Gasteiger partial charge in [-0.25, -0.2) is 5.48 Å². The van der Waals surface area contributed by atoms with Crippen LogP contribution in [0.4, 0.5) is 5.82 Å². The lowest BCUT2D eigenvalue weighted by Crippen LogP contribution is -2.24. The van der Waals surface area contributed by atoms with Gasteiger partial charge in [-0.3, -0.25) is 14.3 Å². The highest BCUT2D eigenvalue weighted by Crippen LogP contribution is 2.08. The molecule has 6 nitrogen and oxygen atoms in total. The van der Waals surface area contributed by atoms with Crippen molar-refractivity contribution in [1.82, 2.24) is 15.3 Å². The van der Waals surface area contributed by atoms with Crippen molar-refractivity contribution < 1.29 is 9.63 Å². The van der Waals surface area contributed by atoms with Crippen LogP contribution in [0.15, 0.2) is 6.20 Å². The molecule has 0 radical (unpaired) electrons. The molecule has 72 valence electrons. The molecule has 0 bridgehead atoms. The van der Waals surface area contributed by atoms with Crippen molar-refractivity contribution in [1.29, 1.82) is 0 Å². The molecule has 0 aromatic carbocycles. The van der Waals surface area contributed by atoms with Crippen LogP contribution in [0.3, 0.4) is 0 Å². The average molecular weight is 184 g/mol. The molecule has 0 unspecified atom stereocenters. The van der Waals surface area contributed by atoms with Gasteiger partial charge in [-0.05, 0) is 6.92 Å². The van der Waals surface area contributed by atoms with Crippen molar-refractivity contribution in [3.05, 3.63) is 11.8 Å². The molecule has 0 fully saturated rings. The van der Waals surface area contributed by atoms with Crippen molar-refractivity contribution in [3.8, 4) is 0 Å². The standard InChI is InChI=1S/C7H12N4O2/c1-3-13-10-7(12)5-4-9-11(2)6(5)8/h4H,3,8H2,1-2H3,(H,10,12). The minimum Gasteiger partial charge on any atom is -0.383 e. The molecule has 13 heavy (non-hydrogen) atoms. The van der Waals surface area contributed by atoms with E-state index in [1.165, 1.54) is 10.9 Å². The third kappa shape index (κ3) is 1.97. The topological polar surface area (TPSA) is 82.2 Å². The minimum absolute atomic E-state index is 0.316. The number of hydrogen-bond acceptors (Lipinski definition) is 4. The Morgan fingerprint density at radius 2 is 2.54 bits per heavy atom. The number of hydrogen-bond donors (Lipinski definition) is 2. The minimum atomic E-state index is -0.382. The van der Waals surface area contributed by atoms with E-state index in [4.69, 9.17) is 10.6 Å². The predicted molar refractivity (Wildman–Crippen MR) is 46.7 cm³/mol. The molecular weight excluding hydrogens is 172 g/mol. The number of aryl methyl sites for hydroxylation is 1. The number of carbonyl (C=O) groups excluding carboxylic acids is 1. The summed E-state index contributed by atoms with van der Waals surface area (Å²) in [6.07, 6.45) is 1.39. The zero-order chi connectivity index (χ0) is 9.84. The normalized spacial score (nSPS) is 10.0. The summed E-state index contributed by atoms with van der Waals surface area (Å²) in [5.41, 5.74) is 8.11. The Labute approximate surface area is 75.6 Å². The molecule has 0 aliphatic heterocycles. The molecule has 0 aliphatic carbocycles. The first-order chi connectivity index (χ1) is 6.16. The zero-order valence-electron chi connectivity index (χ0n) is 7.57. The van der Waals surface area contributed by atoms with Crippen molar-refractivity contribution in [2.45, 2.75) is 6.92 Å². The van der Waals surface area contributed by atoms with Crippen LogP contribution < -0.4 is 11.2 Å². The van der Waals surface area contributed by atoms with E-state index in [0.717, 1.165) is 0 Å². The van der Waals surface area contributed by atoms with E-state index in [1.807, 2.05) is 0 Å². The molecule has 0 spiro atoms. The maximum absolute atomic E-state index is 11.3. The van der Waals surface area contributed by atoms with E-state index in [1.54, 1.807) is 14.0 Å². The molecule has 0 saturated heterocycles. The number of nitrogens with one attached hydrogen (secondary N) is 1. The van der Waals surface area contributed by atoms with Gasteiger partial charge < -0.3 is 5.73 Å². The van der Waals surface area contributed by atoms with Crippen LogP contribution in [0.2, 0.25) is 0 Å². The Balaban J connectivity index is 2.71. The maximum Gasteiger partial charge on any atom is 0.280 e. The van der Waals surface area contributed by atoms with E-state index in [2.05, 4.69) is 10.6 Å². The Bertz CT molecular complexity index is 307. The van der Waals surface area contributed by atoms with Crippen LogP contribution in [0.1, 0.15) is 17.3 Å². The number of rotatable bonds is 3. The molecule has 1 rings (SSSR count). The van der Waals surface area contributed by atoms with E-state index < -0.39 is 0 Å². The molecule has 1 amide bonds. The SMILES string of the molecule is CCONC(=O)c1cnn(C)c1N. The summed E-state index contributed by atoms with van der Waals surface area (Å²) < 4.78 is 1.42. The van der Waals surface area contributed by atoms with Gasteiger partial charge in [0.25, 0.3) is 5.91 Å². The molecule has 0 atom stereocenters. The number of nitrogen functional groups attached to an aromatic ring is 1. The number of hydroxylamine groups is 1. The number of aromatic nitrogens is 2. The van der Waals surface area contributed by atoms with E-state index in [-0.39, 0.29) is 5.91 Å². The summed E-state index contributed by atoms with van der Waals surface area (Å²) in [5.74, 6) is -0.0651. The predicted octanol–water partition coefficient (Wildman–Crippen LogP) is -0.316. The third-order valence-corrected chi connectivity index (χ3v) is 1.54. The number of anilines is 1. The van der Waals surface area contributed by atoms with Gasteiger partial charge in [0, 0.05) is 7.05 Å². The summed E-state index contributed by atoms with van der Waals surface area (Å²) in [6.45, 7) is 2.18. The van der Waals surface area contributed by atoms with Crippen LogP contribution in [0.25, 0.3) is 0 Å².